The van der Waals surface area contributed by atoms with Gasteiger partial charge in [-0.25, -0.2) is 0 Å². The number of carbonyl (C=O) groups is 1. The number of ether oxygens (including phenoxy) is 1. The number of hydrogen-bond acceptors (Lipinski definition) is 7. The number of carboxylic acids is 1. The van der Waals surface area contributed by atoms with Crippen molar-refractivity contribution in [1.82, 2.24) is 9.88 Å². The summed E-state index contributed by atoms with van der Waals surface area (Å²) < 4.78 is 30.9. The van der Waals surface area contributed by atoms with Crippen molar-refractivity contribution >= 4 is 41.2 Å². The molecule has 4 rings (SSSR count). The minimum absolute atomic E-state index is 0.0105. The molecule has 1 fully saturated rings. The van der Waals surface area contributed by atoms with E-state index in [1.165, 1.54) is 0 Å². The average molecular weight is 566 g/mol. The third-order valence-electron chi connectivity index (χ3n) is 6.79. The molecule has 0 aliphatic carbocycles. The second-order valence-corrected chi connectivity index (χ2v) is 13.6. The van der Waals surface area contributed by atoms with Crippen molar-refractivity contribution in [2.24, 2.45) is 11.8 Å². The number of aliphatic carboxylic acids is 1. The molecule has 8 nitrogen and oxygen atoms in total. The maximum absolute atomic E-state index is 12.5. The Bertz CT molecular complexity index is 1260. The molecule has 1 aliphatic rings. The average Bonchev–Trinajstić information content (AvgIpc) is 3.42. The van der Waals surface area contributed by atoms with Crippen LogP contribution in [0.15, 0.2) is 51.3 Å². The predicted molar refractivity (Wildman–Crippen MR) is 134 cm³/mol. The summed E-state index contributed by atoms with van der Waals surface area (Å²) in [6.07, 6.45) is 2.57. The Balaban J connectivity index is 1.38. The molecule has 3 heterocycles. The zero-order valence-corrected chi connectivity index (χ0v) is 22.1. The minimum atomic E-state index is -3.30. The molecule has 3 aromatic rings. The summed E-state index contributed by atoms with van der Waals surface area (Å²) in [7, 11) is -1.71. The molecule has 2 N–H and O–H groups in total. The van der Waals surface area contributed by atoms with Crippen molar-refractivity contribution in [2.45, 2.75) is 29.1 Å². The summed E-state index contributed by atoms with van der Waals surface area (Å²) in [6, 6.07) is 10.8. The normalized spacial score (nSPS) is 20.1. The molecule has 2 aromatic heterocycles. The number of methoxy groups -OCH3 is 1. The molecule has 1 aliphatic heterocycles. The van der Waals surface area contributed by atoms with Gasteiger partial charge in [0.15, 0.2) is 0 Å². The van der Waals surface area contributed by atoms with Gasteiger partial charge in [-0.05, 0) is 24.3 Å². The Labute approximate surface area is 211 Å². The summed E-state index contributed by atoms with van der Waals surface area (Å²) in [6.45, 7) is 1.31. The van der Waals surface area contributed by atoms with Crippen LogP contribution >= 0.6 is 0 Å². The quantitative estimate of drug-likeness (QED) is 0.361. The van der Waals surface area contributed by atoms with Gasteiger partial charge in [-0.15, -0.1) is 0 Å². The first kappa shape index (κ1) is 25.9. The van der Waals surface area contributed by atoms with E-state index in [9.17, 15) is 23.4 Å². The van der Waals surface area contributed by atoms with Crippen molar-refractivity contribution in [1.29, 1.82) is 0 Å². The van der Waals surface area contributed by atoms with E-state index in [0.717, 1.165) is 16.5 Å². The maximum Gasteiger partial charge on any atom is 0.00964 e. The molecule has 0 bridgehead atoms. The van der Waals surface area contributed by atoms with Crippen LogP contribution in [0.4, 0.5) is 0 Å². The van der Waals surface area contributed by atoms with E-state index in [-0.39, 0.29) is 26.2 Å². The topological polar surface area (TPSA) is 117 Å². The van der Waals surface area contributed by atoms with Crippen molar-refractivity contribution in [3.05, 3.63) is 53.1 Å². The predicted octanol–water partition coefficient (Wildman–Crippen LogP) is 2.61. The molecule has 0 spiro atoms. The standard InChI is InChI=1S/C25H30N2O6SSe/c1-33-18-5-6-22-20(15-18)19(8-10-26-22)23(28)7-4-17-9-11-27(16-21(17)25(29)30)12-13-34(31,32)24-3-2-14-35-24/h2-3,5-6,8,10,14-15,17,21,23,28H,4,7,9,11-13,16H2,1H3,(H,29,30)/t17-,21+,23-/m1/s1. The Morgan fingerprint density at radius 1 is 1.31 bits per heavy atom. The van der Waals surface area contributed by atoms with Crippen molar-refractivity contribution in [3.8, 4) is 5.75 Å². The zero-order chi connectivity index (χ0) is 25.0. The number of aliphatic hydroxyl groups is 1. The van der Waals surface area contributed by atoms with Gasteiger partial charge < -0.3 is 4.74 Å². The van der Waals surface area contributed by atoms with Crippen LogP contribution in [0.1, 0.15) is 30.9 Å². The number of aliphatic hydroxyl groups excluding tert-OH is 1. The van der Waals surface area contributed by atoms with Gasteiger partial charge in [0.25, 0.3) is 0 Å². The van der Waals surface area contributed by atoms with Gasteiger partial charge in [-0.1, -0.05) is 0 Å². The number of hydrogen-bond donors (Lipinski definition) is 2. The van der Waals surface area contributed by atoms with Gasteiger partial charge in [0.1, 0.15) is 5.75 Å². The third kappa shape index (κ3) is 6.13. The first-order valence-electron chi connectivity index (χ1n) is 11.6. The van der Waals surface area contributed by atoms with Crippen LogP contribution in [0.25, 0.3) is 10.9 Å². The Kier molecular flexibility index (Phi) is 8.29. The smallest absolute Gasteiger partial charge is 0.00964 e. The van der Waals surface area contributed by atoms with E-state index in [1.807, 2.05) is 28.0 Å². The number of rotatable bonds is 10. The summed E-state index contributed by atoms with van der Waals surface area (Å²) in [5.41, 5.74) is 1.51. The van der Waals surface area contributed by atoms with Crippen LogP contribution in [0, 0.1) is 11.8 Å². The third-order valence-corrected chi connectivity index (χ3v) is 11.7. The number of likely N-dealkylation sites (tertiary alicyclic amines) is 1. The molecule has 3 atom stereocenters. The van der Waals surface area contributed by atoms with Gasteiger partial charge in [0.05, 0.1) is 12.6 Å². The van der Waals surface area contributed by atoms with Gasteiger partial charge >= 0.3 is 148 Å². The second kappa shape index (κ2) is 11.2. The summed E-state index contributed by atoms with van der Waals surface area (Å²) in [5.74, 6) is -0.855. The Morgan fingerprint density at radius 3 is 2.86 bits per heavy atom. The second-order valence-electron chi connectivity index (χ2n) is 8.92. The van der Waals surface area contributed by atoms with E-state index in [0.29, 0.717) is 48.4 Å². The van der Waals surface area contributed by atoms with E-state index >= 15 is 0 Å². The van der Waals surface area contributed by atoms with Gasteiger partial charge in [0, 0.05) is 11.6 Å². The number of carboxylic acid groups (broad SMARTS) is 1. The van der Waals surface area contributed by atoms with Crippen LogP contribution in [0.3, 0.4) is 0 Å². The molecule has 10 heteroatoms. The van der Waals surface area contributed by atoms with E-state index in [1.54, 1.807) is 31.5 Å². The number of nitrogens with zero attached hydrogens (tertiary/aromatic N) is 2. The van der Waals surface area contributed by atoms with Crippen LogP contribution in [0.5, 0.6) is 5.75 Å². The fourth-order valence-electron chi connectivity index (χ4n) is 4.78. The van der Waals surface area contributed by atoms with E-state index in [2.05, 4.69) is 4.98 Å². The molecule has 0 amide bonds. The fourth-order valence-corrected chi connectivity index (χ4v) is 8.59. The zero-order valence-electron chi connectivity index (χ0n) is 19.5. The largest absolute Gasteiger partial charge is 0.0102 e. The molecule has 0 saturated carbocycles. The Hall–Kier alpha value is -2.23. The number of fused-ring (bicyclic) bond motifs is 1. The summed E-state index contributed by atoms with van der Waals surface area (Å²) in [5, 5.41) is 21.6. The number of pyridine rings is 1. The number of sulfone groups is 1. The number of piperidine rings is 1. The van der Waals surface area contributed by atoms with Gasteiger partial charge in [-0.3, -0.25) is 4.98 Å². The molecule has 35 heavy (non-hydrogen) atoms. The first-order valence-corrected chi connectivity index (χ1v) is 15.1. The van der Waals surface area contributed by atoms with E-state index in [4.69, 9.17) is 4.74 Å². The van der Waals surface area contributed by atoms with Gasteiger partial charge in [0.2, 0.25) is 0 Å². The van der Waals surface area contributed by atoms with Crippen molar-refractivity contribution in [3.63, 3.8) is 0 Å². The van der Waals surface area contributed by atoms with Crippen LogP contribution in [-0.4, -0.2) is 81.5 Å². The number of benzene rings is 1. The SMILES string of the molecule is COc1ccc2nccc([C@H](O)CC[C@@H]3CCN(CCS(=O)(=O)c4ccc[se]4)C[C@@H]3C(=O)O)c2c1. The van der Waals surface area contributed by atoms with Crippen molar-refractivity contribution < 1.29 is 28.2 Å². The van der Waals surface area contributed by atoms with Crippen molar-refractivity contribution in [2.75, 3.05) is 32.5 Å². The van der Waals surface area contributed by atoms with Crippen LogP contribution in [-0.2, 0) is 14.6 Å². The fraction of sp³-hybridized carbons (Fsp3) is 0.440. The Morgan fingerprint density at radius 2 is 2.14 bits per heavy atom. The van der Waals surface area contributed by atoms with Crippen LogP contribution < -0.4 is 4.74 Å². The first-order chi connectivity index (χ1) is 16.8. The molecule has 0 unspecified atom stereocenters. The molecule has 1 saturated heterocycles. The maximum atomic E-state index is 12.5. The molecular weight excluding hydrogens is 535 g/mol. The monoisotopic (exact) mass is 566 g/mol. The minimum Gasteiger partial charge on any atom is -0.0102 e. The van der Waals surface area contributed by atoms with E-state index < -0.39 is 27.8 Å². The molecule has 0 radical (unpaired) electrons. The molecular formula is C25H30N2O6SSe. The molecule has 1 aromatic carbocycles. The summed E-state index contributed by atoms with van der Waals surface area (Å²) >= 11 is -0.137. The number of aromatic nitrogens is 1. The van der Waals surface area contributed by atoms with Gasteiger partial charge in [-0.2, -0.15) is 0 Å². The summed E-state index contributed by atoms with van der Waals surface area (Å²) in [4.78, 5) is 20.2. The molecule has 188 valence electrons. The van der Waals surface area contributed by atoms with Crippen LogP contribution in [0.2, 0.25) is 0 Å².